The van der Waals surface area contributed by atoms with Crippen LogP contribution in [0.2, 0.25) is 0 Å². The highest BCUT2D eigenvalue weighted by Gasteiger charge is 2.19. The lowest BCUT2D eigenvalue weighted by atomic mass is 10.1. The second kappa shape index (κ2) is 9.54. The molecule has 3 heterocycles. The number of halogens is 1. The largest absolute Gasteiger partial charge is 0.494 e. The minimum absolute atomic E-state index is 0. The lowest BCUT2D eigenvalue weighted by molar-refractivity contribution is 0.102. The zero-order valence-electron chi connectivity index (χ0n) is 18.3. The summed E-state index contributed by atoms with van der Waals surface area (Å²) in [6.45, 7) is 4.12. The number of hydrogen-bond donors (Lipinski definition) is 2. The molecule has 1 amide bonds. The molecule has 0 aliphatic carbocycles. The van der Waals surface area contributed by atoms with Gasteiger partial charge >= 0.3 is 0 Å². The lowest BCUT2D eigenvalue weighted by Gasteiger charge is -2.19. The summed E-state index contributed by atoms with van der Waals surface area (Å²) in [5.74, 6) is 0.475. The second-order valence-corrected chi connectivity index (χ2v) is 9.62. The maximum absolute atomic E-state index is 13.0. The molecule has 33 heavy (non-hydrogen) atoms. The van der Waals surface area contributed by atoms with Gasteiger partial charge in [0.05, 0.1) is 17.5 Å². The van der Waals surface area contributed by atoms with Crippen molar-refractivity contribution in [3.8, 4) is 17.0 Å². The van der Waals surface area contributed by atoms with E-state index in [2.05, 4.69) is 26.3 Å². The van der Waals surface area contributed by atoms with Crippen LogP contribution in [-0.2, 0) is 0 Å². The number of methoxy groups -OCH3 is 1. The van der Waals surface area contributed by atoms with E-state index in [0.717, 1.165) is 34.6 Å². The number of rotatable bonds is 5. The molecule has 1 aliphatic heterocycles. The number of carbonyl (C=O) groups is 1. The fourth-order valence-corrected chi connectivity index (χ4v) is 5.62. The average Bonchev–Trinajstić information content (AvgIpc) is 3.53. The van der Waals surface area contributed by atoms with Gasteiger partial charge in [0, 0.05) is 35.3 Å². The zero-order chi connectivity index (χ0) is 22.2. The highest BCUT2D eigenvalue weighted by atomic mass is 35.5. The van der Waals surface area contributed by atoms with Crippen LogP contribution in [0.25, 0.3) is 21.5 Å². The smallest absolute Gasteiger partial charge is 0.257 e. The number of aryl methyl sites for hydroxylation is 1. The average molecular weight is 502 g/mol. The molecule has 5 rings (SSSR count). The number of ether oxygens (including phenoxy) is 1. The van der Waals surface area contributed by atoms with E-state index in [-0.39, 0.29) is 18.3 Å². The maximum atomic E-state index is 13.0. The van der Waals surface area contributed by atoms with Gasteiger partial charge in [0.15, 0.2) is 10.3 Å². The van der Waals surface area contributed by atoms with Crippen LogP contribution in [0.5, 0.6) is 5.75 Å². The van der Waals surface area contributed by atoms with E-state index in [1.54, 1.807) is 7.11 Å². The van der Waals surface area contributed by atoms with E-state index in [1.165, 1.54) is 41.2 Å². The normalized spacial score (nSPS) is 13.2. The molecule has 1 aliphatic rings. The summed E-state index contributed by atoms with van der Waals surface area (Å²) in [4.78, 5) is 24.5. The van der Waals surface area contributed by atoms with Gasteiger partial charge in [-0.15, -0.1) is 23.7 Å². The minimum atomic E-state index is -0.173. The number of anilines is 3. The van der Waals surface area contributed by atoms with Crippen LogP contribution >= 0.6 is 35.1 Å². The standard InChI is InChI=1S/C23H23N5O2S2.ClH/c1-13-11-14(28-9-3-4-10-28)5-6-15(13)21(29)27-23-26-19-18(30-2)8-7-16(20(19)32-23)17-12-31-22(24)25-17;/h5-8,11-12H,3-4,9-10H2,1-2H3,(H2,24,25)(H,26,27,29);1H. The molecule has 3 N–H and O–H groups in total. The predicted octanol–water partition coefficient (Wildman–Crippen LogP) is 5.59. The van der Waals surface area contributed by atoms with Crippen molar-refractivity contribution in [3.63, 3.8) is 0 Å². The Labute approximate surface area is 206 Å². The van der Waals surface area contributed by atoms with Crippen molar-refractivity contribution in [2.24, 2.45) is 0 Å². The molecule has 2 aromatic heterocycles. The van der Waals surface area contributed by atoms with Gasteiger partial charge in [0.2, 0.25) is 0 Å². The third-order valence-corrected chi connectivity index (χ3v) is 7.35. The van der Waals surface area contributed by atoms with Crippen molar-refractivity contribution in [2.75, 3.05) is 36.1 Å². The molecule has 1 saturated heterocycles. The van der Waals surface area contributed by atoms with E-state index in [9.17, 15) is 4.79 Å². The van der Waals surface area contributed by atoms with Gasteiger partial charge in [-0.25, -0.2) is 9.97 Å². The van der Waals surface area contributed by atoms with Gasteiger partial charge in [-0.3, -0.25) is 10.1 Å². The van der Waals surface area contributed by atoms with E-state index in [1.807, 2.05) is 36.6 Å². The number of nitrogens with zero attached hydrogens (tertiary/aromatic N) is 3. The first-order chi connectivity index (χ1) is 15.5. The van der Waals surface area contributed by atoms with Crippen molar-refractivity contribution < 1.29 is 9.53 Å². The van der Waals surface area contributed by atoms with Crippen molar-refractivity contribution in [1.29, 1.82) is 0 Å². The lowest BCUT2D eigenvalue weighted by Crippen LogP contribution is -2.19. The molecule has 0 bridgehead atoms. The van der Waals surface area contributed by atoms with Crippen LogP contribution < -0.4 is 20.7 Å². The Morgan fingerprint density at radius 1 is 1.18 bits per heavy atom. The molecule has 0 atom stereocenters. The third kappa shape index (κ3) is 4.48. The van der Waals surface area contributed by atoms with Crippen LogP contribution in [-0.4, -0.2) is 36.1 Å². The fraction of sp³-hybridized carbons (Fsp3) is 0.261. The summed E-state index contributed by atoms with van der Waals surface area (Å²) in [5.41, 5.74) is 11.0. The van der Waals surface area contributed by atoms with Crippen LogP contribution in [0.3, 0.4) is 0 Å². The number of aromatic nitrogens is 2. The third-order valence-electron chi connectivity index (χ3n) is 5.67. The molecule has 7 nitrogen and oxygen atoms in total. The Morgan fingerprint density at radius 2 is 1.97 bits per heavy atom. The van der Waals surface area contributed by atoms with Crippen LogP contribution in [0.4, 0.5) is 16.0 Å². The molecule has 0 saturated carbocycles. The number of thiazole rings is 2. The highest BCUT2D eigenvalue weighted by Crippen LogP contribution is 2.40. The first-order valence-electron chi connectivity index (χ1n) is 10.4. The number of carbonyl (C=O) groups excluding carboxylic acids is 1. The molecule has 4 aromatic rings. The molecule has 0 radical (unpaired) electrons. The number of benzene rings is 2. The van der Waals surface area contributed by atoms with Gasteiger partial charge in [0.1, 0.15) is 11.3 Å². The van der Waals surface area contributed by atoms with Crippen molar-refractivity contribution in [1.82, 2.24) is 9.97 Å². The number of hydrogen-bond acceptors (Lipinski definition) is 8. The van der Waals surface area contributed by atoms with Crippen molar-refractivity contribution in [3.05, 3.63) is 46.8 Å². The van der Waals surface area contributed by atoms with Crippen molar-refractivity contribution in [2.45, 2.75) is 19.8 Å². The topological polar surface area (TPSA) is 93.4 Å². The van der Waals surface area contributed by atoms with E-state index in [4.69, 9.17) is 10.5 Å². The summed E-state index contributed by atoms with van der Waals surface area (Å²) in [7, 11) is 1.61. The van der Waals surface area contributed by atoms with E-state index < -0.39 is 0 Å². The first-order valence-corrected chi connectivity index (χ1v) is 12.1. The van der Waals surface area contributed by atoms with Gasteiger partial charge < -0.3 is 15.4 Å². The summed E-state index contributed by atoms with van der Waals surface area (Å²) in [5, 5.41) is 5.91. The maximum Gasteiger partial charge on any atom is 0.257 e. The monoisotopic (exact) mass is 501 g/mol. The fourth-order valence-electron chi connectivity index (χ4n) is 4.05. The number of amides is 1. The van der Waals surface area contributed by atoms with Gasteiger partial charge in [-0.1, -0.05) is 11.3 Å². The quantitative estimate of drug-likeness (QED) is 0.370. The Balaban J connectivity index is 0.00000259. The van der Waals surface area contributed by atoms with Crippen LogP contribution in [0, 0.1) is 6.92 Å². The highest BCUT2D eigenvalue weighted by molar-refractivity contribution is 7.23. The Bertz CT molecular complexity index is 1310. The van der Waals surface area contributed by atoms with Crippen LogP contribution in [0.15, 0.2) is 35.7 Å². The summed E-state index contributed by atoms with van der Waals surface area (Å²) in [6.07, 6.45) is 2.44. The molecular weight excluding hydrogens is 478 g/mol. The summed E-state index contributed by atoms with van der Waals surface area (Å²) >= 11 is 2.79. The van der Waals surface area contributed by atoms with Gasteiger partial charge in [-0.05, 0) is 55.7 Å². The first kappa shape index (κ1) is 23.3. The molecule has 172 valence electrons. The van der Waals surface area contributed by atoms with Crippen molar-refractivity contribution >= 4 is 67.2 Å². The minimum Gasteiger partial charge on any atom is -0.494 e. The van der Waals surface area contributed by atoms with Crippen LogP contribution in [0.1, 0.15) is 28.8 Å². The molecule has 0 unspecified atom stereocenters. The molecular formula is C23H24ClN5O2S2. The summed E-state index contributed by atoms with van der Waals surface area (Å²) in [6, 6.07) is 9.82. The summed E-state index contributed by atoms with van der Waals surface area (Å²) < 4.78 is 6.39. The SMILES string of the molecule is COc1ccc(-c2csc(N)n2)c2sc(NC(=O)c3ccc(N4CCCC4)cc3C)nc12.Cl. The molecule has 10 heteroatoms. The van der Waals surface area contributed by atoms with E-state index in [0.29, 0.717) is 27.1 Å². The molecule has 1 fully saturated rings. The Kier molecular flexibility index (Phi) is 6.73. The zero-order valence-corrected chi connectivity index (χ0v) is 20.7. The predicted molar refractivity (Wildman–Crippen MR) is 140 cm³/mol. The van der Waals surface area contributed by atoms with E-state index >= 15 is 0 Å². The number of nitrogens with one attached hydrogen (secondary N) is 1. The Morgan fingerprint density at radius 3 is 2.64 bits per heavy atom. The molecule has 0 spiro atoms. The van der Waals surface area contributed by atoms with Gasteiger partial charge in [-0.2, -0.15) is 0 Å². The number of nitrogen functional groups attached to an aromatic ring is 1. The molecule has 2 aromatic carbocycles. The number of nitrogens with two attached hydrogens (primary N) is 1. The Hall–Kier alpha value is -2.88. The second-order valence-electron chi connectivity index (χ2n) is 7.73. The number of fused-ring (bicyclic) bond motifs is 1. The van der Waals surface area contributed by atoms with Gasteiger partial charge in [0.25, 0.3) is 5.91 Å².